The van der Waals surface area contributed by atoms with Gasteiger partial charge in [0.15, 0.2) is 0 Å². The van der Waals surface area contributed by atoms with E-state index in [1.807, 2.05) is 18.2 Å². The summed E-state index contributed by atoms with van der Waals surface area (Å²) in [5.41, 5.74) is 0.764. The van der Waals surface area contributed by atoms with Crippen molar-refractivity contribution in [2.24, 2.45) is 0 Å². The Labute approximate surface area is 162 Å². The highest BCUT2D eigenvalue weighted by Gasteiger charge is 2.32. The molecule has 0 unspecified atom stereocenters. The van der Waals surface area contributed by atoms with Gasteiger partial charge in [0, 0.05) is 11.6 Å². The molecule has 1 fully saturated rings. The second kappa shape index (κ2) is 9.94. The number of carbonyl (C=O) groups is 2. The Bertz CT molecular complexity index is 691. The lowest BCUT2D eigenvalue weighted by molar-refractivity contribution is -0.144. The van der Waals surface area contributed by atoms with Crippen molar-refractivity contribution < 1.29 is 14.3 Å². The molecule has 1 aromatic rings. The molecule has 0 N–H and O–H groups in total. The molecule has 0 radical (unpaired) electrons. The molecule has 1 saturated heterocycles. The second-order valence-electron chi connectivity index (χ2n) is 5.53. The molecule has 4 nitrogen and oxygen atoms in total. The van der Waals surface area contributed by atoms with Crippen LogP contribution in [0.25, 0.3) is 6.08 Å². The average Bonchev–Trinajstić information content (AvgIpc) is 2.85. The summed E-state index contributed by atoms with van der Waals surface area (Å²) in [5.74, 6) is -0.506. The van der Waals surface area contributed by atoms with Gasteiger partial charge in [0.05, 0.1) is 17.9 Å². The van der Waals surface area contributed by atoms with Gasteiger partial charge in [-0.3, -0.25) is 14.5 Å². The Balaban J connectivity index is 1.91. The number of hydrogen-bond donors (Lipinski definition) is 0. The van der Waals surface area contributed by atoms with E-state index in [0.717, 1.165) is 24.8 Å². The molecule has 2 rings (SSSR count). The van der Waals surface area contributed by atoms with Crippen LogP contribution in [0, 0.1) is 0 Å². The Kier molecular flexibility index (Phi) is 7.93. The monoisotopic (exact) mass is 397 g/mol. The Morgan fingerprint density at radius 2 is 2.12 bits per heavy atom. The van der Waals surface area contributed by atoms with Crippen molar-refractivity contribution in [2.45, 2.75) is 32.6 Å². The summed E-state index contributed by atoms with van der Waals surface area (Å²) in [5, 5.41) is 0.573. The zero-order chi connectivity index (χ0) is 18.2. The van der Waals surface area contributed by atoms with Gasteiger partial charge < -0.3 is 4.74 Å². The molecular weight excluding hydrogens is 378 g/mol. The zero-order valence-electron chi connectivity index (χ0n) is 14.0. The number of thioether (sulfide) groups is 1. The number of amides is 1. The lowest BCUT2D eigenvalue weighted by Crippen LogP contribution is -2.30. The minimum Gasteiger partial charge on any atom is -0.466 e. The van der Waals surface area contributed by atoms with E-state index in [9.17, 15) is 9.59 Å². The van der Waals surface area contributed by atoms with Gasteiger partial charge >= 0.3 is 5.97 Å². The van der Waals surface area contributed by atoms with Crippen molar-refractivity contribution in [3.63, 3.8) is 0 Å². The lowest BCUT2D eigenvalue weighted by atomic mass is 10.2. The first-order valence-electron chi connectivity index (χ1n) is 8.18. The molecule has 0 bridgehead atoms. The Morgan fingerprint density at radius 3 is 2.84 bits per heavy atom. The van der Waals surface area contributed by atoms with E-state index in [4.69, 9.17) is 28.6 Å². The molecule has 1 amide bonds. The van der Waals surface area contributed by atoms with Crippen LogP contribution in [0.4, 0.5) is 0 Å². The maximum Gasteiger partial charge on any atom is 0.307 e. The minimum absolute atomic E-state index is 0.137. The van der Waals surface area contributed by atoms with Crippen LogP contribution in [0.15, 0.2) is 29.2 Å². The fourth-order valence-electron chi connectivity index (χ4n) is 2.24. The van der Waals surface area contributed by atoms with Crippen LogP contribution >= 0.6 is 35.6 Å². The van der Waals surface area contributed by atoms with Gasteiger partial charge in [-0.25, -0.2) is 0 Å². The second-order valence-corrected chi connectivity index (χ2v) is 7.62. The van der Waals surface area contributed by atoms with E-state index in [1.54, 1.807) is 12.1 Å². The summed E-state index contributed by atoms with van der Waals surface area (Å²) < 4.78 is 5.60. The summed E-state index contributed by atoms with van der Waals surface area (Å²) >= 11 is 12.6. The van der Waals surface area contributed by atoms with Gasteiger partial charge in [0.25, 0.3) is 5.91 Å². The molecule has 0 spiro atoms. The van der Waals surface area contributed by atoms with Gasteiger partial charge in [-0.1, -0.05) is 73.5 Å². The first-order valence-corrected chi connectivity index (χ1v) is 9.78. The molecule has 1 aromatic carbocycles. The van der Waals surface area contributed by atoms with Crippen LogP contribution in [-0.4, -0.2) is 34.2 Å². The quantitative estimate of drug-likeness (QED) is 0.276. The molecule has 0 atom stereocenters. The SMILES string of the molecule is CCCCCOC(=O)CCN1C(=O)/C(=C\c2ccccc2Cl)SC1=S. The molecule has 1 aliphatic heterocycles. The van der Waals surface area contributed by atoms with E-state index in [-0.39, 0.29) is 24.8 Å². The zero-order valence-corrected chi connectivity index (χ0v) is 16.4. The lowest BCUT2D eigenvalue weighted by Gasteiger charge is -2.13. The summed E-state index contributed by atoms with van der Waals surface area (Å²) in [4.78, 5) is 26.2. The van der Waals surface area contributed by atoms with Crippen LogP contribution in [-0.2, 0) is 14.3 Å². The van der Waals surface area contributed by atoms with Gasteiger partial charge in [-0.2, -0.15) is 0 Å². The van der Waals surface area contributed by atoms with Crippen LogP contribution in [0.5, 0.6) is 0 Å². The number of benzene rings is 1. The number of rotatable bonds is 8. The van der Waals surface area contributed by atoms with Crippen molar-refractivity contribution in [1.82, 2.24) is 4.90 Å². The molecule has 0 aromatic heterocycles. The summed E-state index contributed by atoms with van der Waals surface area (Å²) in [6.07, 6.45) is 4.84. The third-order valence-corrected chi connectivity index (χ3v) is 5.34. The van der Waals surface area contributed by atoms with E-state index >= 15 is 0 Å². The summed E-state index contributed by atoms with van der Waals surface area (Å²) in [7, 11) is 0. The first kappa shape index (κ1) is 19.9. The minimum atomic E-state index is -0.305. The van der Waals surface area contributed by atoms with Gasteiger partial charge in [-0.15, -0.1) is 0 Å². The molecule has 0 aliphatic carbocycles. The molecule has 1 aliphatic rings. The molecule has 1 heterocycles. The van der Waals surface area contributed by atoms with Crippen molar-refractivity contribution in [2.75, 3.05) is 13.2 Å². The van der Waals surface area contributed by atoms with E-state index in [0.29, 0.717) is 20.9 Å². The third-order valence-electron chi connectivity index (χ3n) is 3.62. The molecule has 0 saturated carbocycles. The number of esters is 1. The summed E-state index contributed by atoms with van der Waals surface area (Å²) in [6, 6.07) is 7.29. The Hall–Kier alpha value is -1.37. The first-order chi connectivity index (χ1) is 12.0. The fourth-order valence-corrected chi connectivity index (χ4v) is 3.73. The average molecular weight is 398 g/mol. The highest BCUT2D eigenvalue weighted by Crippen LogP contribution is 2.33. The van der Waals surface area contributed by atoms with E-state index < -0.39 is 0 Å². The topological polar surface area (TPSA) is 46.6 Å². The maximum atomic E-state index is 12.5. The van der Waals surface area contributed by atoms with Gasteiger partial charge in [0.2, 0.25) is 0 Å². The normalized spacial score (nSPS) is 15.9. The molecular formula is C18H20ClNO3S2. The maximum absolute atomic E-state index is 12.5. The smallest absolute Gasteiger partial charge is 0.307 e. The predicted molar refractivity (Wildman–Crippen MR) is 106 cm³/mol. The Morgan fingerprint density at radius 1 is 1.36 bits per heavy atom. The molecule has 134 valence electrons. The molecule has 25 heavy (non-hydrogen) atoms. The van der Waals surface area contributed by atoms with Gasteiger partial charge in [0.1, 0.15) is 4.32 Å². The summed E-state index contributed by atoms with van der Waals surface area (Å²) in [6.45, 7) is 2.75. The van der Waals surface area contributed by atoms with Crippen LogP contribution < -0.4 is 0 Å². The highest BCUT2D eigenvalue weighted by atomic mass is 35.5. The van der Waals surface area contributed by atoms with Crippen LogP contribution in [0.3, 0.4) is 0 Å². The third kappa shape index (κ3) is 5.83. The van der Waals surface area contributed by atoms with Crippen molar-refractivity contribution in [3.8, 4) is 0 Å². The van der Waals surface area contributed by atoms with Crippen molar-refractivity contribution >= 4 is 57.9 Å². The number of halogens is 1. The predicted octanol–water partition coefficient (Wildman–Crippen LogP) is 4.66. The van der Waals surface area contributed by atoms with Gasteiger partial charge in [-0.05, 0) is 24.1 Å². The van der Waals surface area contributed by atoms with E-state index in [2.05, 4.69) is 6.92 Å². The van der Waals surface area contributed by atoms with Crippen molar-refractivity contribution in [1.29, 1.82) is 0 Å². The van der Waals surface area contributed by atoms with Crippen LogP contribution in [0.1, 0.15) is 38.2 Å². The number of hydrogen-bond acceptors (Lipinski definition) is 5. The standard InChI is InChI=1S/C18H20ClNO3S2/c1-2-3-6-11-23-16(21)9-10-20-17(22)15(25-18(20)24)12-13-7-4-5-8-14(13)19/h4-5,7-8,12H,2-3,6,9-11H2,1H3/b15-12+. The molecule has 7 heteroatoms. The van der Waals surface area contributed by atoms with E-state index in [1.165, 1.54) is 16.7 Å². The number of unbranched alkanes of at least 4 members (excludes halogenated alkanes) is 2. The number of thiocarbonyl (C=S) groups is 1. The number of nitrogens with zero attached hydrogens (tertiary/aromatic N) is 1. The van der Waals surface area contributed by atoms with Crippen molar-refractivity contribution in [3.05, 3.63) is 39.8 Å². The van der Waals surface area contributed by atoms with Crippen LogP contribution in [0.2, 0.25) is 5.02 Å². The number of ether oxygens (including phenoxy) is 1. The fraction of sp³-hybridized carbons (Fsp3) is 0.389. The largest absolute Gasteiger partial charge is 0.466 e. The number of carbonyl (C=O) groups excluding carboxylic acids is 2. The highest BCUT2D eigenvalue weighted by molar-refractivity contribution is 8.26.